The zero-order chi connectivity index (χ0) is 23.1. The van der Waals surface area contributed by atoms with E-state index in [2.05, 4.69) is 31.2 Å². The Morgan fingerprint density at radius 1 is 1.16 bits per heavy atom. The second-order valence-electron chi connectivity index (χ2n) is 6.57. The summed E-state index contributed by atoms with van der Waals surface area (Å²) < 4.78 is 11.9. The van der Waals surface area contributed by atoms with Crippen molar-refractivity contribution in [3.8, 4) is 28.8 Å². The number of amides is 1. The van der Waals surface area contributed by atoms with Gasteiger partial charge < -0.3 is 26.3 Å². The van der Waals surface area contributed by atoms with Crippen LogP contribution in [-0.2, 0) is 11.3 Å². The highest BCUT2D eigenvalue weighted by atomic mass is 79.9. The van der Waals surface area contributed by atoms with Crippen LogP contribution in [0.2, 0.25) is 0 Å². The molecule has 1 amide bonds. The molecule has 1 heterocycles. The lowest BCUT2D eigenvalue weighted by molar-refractivity contribution is -0.123. The van der Waals surface area contributed by atoms with Gasteiger partial charge in [0.1, 0.15) is 17.5 Å². The number of hydrogen-bond donors (Lipinski definition) is 3. The van der Waals surface area contributed by atoms with Crippen molar-refractivity contribution in [3.05, 3.63) is 58.1 Å². The molecule has 2 aromatic carbocycles. The maximum atomic E-state index is 12.2. The fourth-order valence-corrected chi connectivity index (χ4v) is 3.40. The summed E-state index contributed by atoms with van der Waals surface area (Å²) in [7, 11) is 0. The van der Waals surface area contributed by atoms with Crippen LogP contribution in [0.5, 0.6) is 11.5 Å². The van der Waals surface area contributed by atoms with E-state index in [1.54, 1.807) is 12.1 Å². The molecule has 0 aliphatic carbocycles. The number of nitrogen functional groups attached to an aromatic ring is 2. The highest BCUT2D eigenvalue weighted by Gasteiger charge is 2.19. The number of nitrogens with one attached hydrogen (secondary N) is 1. The molecule has 0 saturated heterocycles. The molecule has 0 aliphatic rings. The van der Waals surface area contributed by atoms with Crippen LogP contribution in [-0.4, -0.2) is 29.1 Å². The molecule has 1 aromatic heterocycles. The van der Waals surface area contributed by atoms with Crippen molar-refractivity contribution in [3.63, 3.8) is 0 Å². The quantitative estimate of drug-likeness (QED) is 0.430. The number of nitriles is 1. The predicted molar refractivity (Wildman–Crippen MR) is 124 cm³/mol. The topological polar surface area (TPSA) is 149 Å². The second-order valence-corrected chi connectivity index (χ2v) is 7.42. The Hall–Kier alpha value is -3.84. The minimum Gasteiger partial charge on any atom is -0.490 e. The number of hydrogen-bond acceptors (Lipinski definition) is 8. The zero-order valence-electron chi connectivity index (χ0n) is 17.3. The predicted octanol–water partition coefficient (Wildman–Crippen LogP) is 3.04. The summed E-state index contributed by atoms with van der Waals surface area (Å²) in [6.45, 7) is 2.38. The molecule has 0 bridgehead atoms. The van der Waals surface area contributed by atoms with Crippen molar-refractivity contribution in [2.75, 3.05) is 24.7 Å². The van der Waals surface area contributed by atoms with Gasteiger partial charge in [-0.05, 0) is 40.5 Å². The van der Waals surface area contributed by atoms with E-state index in [4.69, 9.17) is 20.9 Å². The van der Waals surface area contributed by atoms with Gasteiger partial charge in [0, 0.05) is 16.6 Å². The standard InChI is InChI=1S/C22H21BrN6O3/c1-2-31-17-8-14(20-15(10-24)21(25)29-22(26)28-20)16(23)9-18(17)32-12-19(30)27-11-13-6-4-3-5-7-13/h3-9H,2,11-12H2,1H3,(H,27,30)(H4,25,26,28,29). The van der Waals surface area contributed by atoms with Crippen LogP contribution in [0.25, 0.3) is 11.3 Å². The molecule has 0 unspecified atom stereocenters. The Morgan fingerprint density at radius 3 is 2.56 bits per heavy atom. The molecular weight excluding hydrogens is 476 g/mol. The van der Waals surface area contributed by atoms with Crippen LogP contribution < -0.4 is 26.3 Å². The van der Waals surface area contributed by atoms with E-state index >= 15 is 0 Å². The lowest BCUT2D eigenvalue weighted by atomic mass is 10.1. The fraction of sp³-hybridized carbons (Fsp3) is 0.182. The molecule has 0 aliphatic heterocycles. The number of carbonyl (C=O) groups excluding carboxylic acids is 1. The van der Waals surface area contributed by atoms with Gasteiger partial charge in [0.25, 0.3) is 5.91 Å². The van der Waals surface area contributed by atoms with E-state index in [-0.39, 0.29) is 35.5 Å². The largest absolute Gasteiger partial charge is 0.490 e. The molecule has 0 radical (unpaired) electrons. The van der Waals surface area contributed by atoms with Crippen molar-refractivity contribution < 1.29 is 14.3 Å². The first-order valence-corrected chi connectivity index (χ1v) is 10.5. The zero-order valence-corrected chi connectivity index (χ0v) is 18.8. The van der Waals surface area contributed by atoms with Crippen LogP contribution >= 0.6 is 15.9 Å². The molecular formula is C22H21BrN6O3. The molecule has 3 aromatic rings. The van der Waals surface area contributed by atoms with E-state index in [9.17, 15) is 10.1 Å². The number of rotatable bonds is 8. The minimum atomic E-state index is -0.278. The van der Waals surface area contributed by atoms with Gasteiger partial charge >= 0.3 is 0 Å². The molecule has 5 N–H and O–H groups in total. The van der Waals surface area contributed by atoms with Gasteiger partial charge in [-0.15, -0.1) is 0 Å². The lowest BCUT2D eigenvalue weighted by Crippen LogP contribution is -2.28. The highest BCUT2D eigenvalue weighted by molar-refractivity contribution is 9.10. The van der Waals surface area contributed by atoms with Gasteiger partial charge in [-0.25, -0.2) is 4.98 Å². The normalized spacial score (nSPS) is 10.3. The van der Waals surface area contributed by atoms with Crippen molar-refractivity contribution in [2.24, 2.45) is 0 Å². The van der Waals surface area contributed by atoms with Crippen LogP contribution in [0, 0.1) is 11.3 Å². The number of nitrogens with two attached hydrogens (primary N) is 2. The first-order valence-electron chi connectivity index (χ1n) is 9.66. The Balaban J connectivity index is 1.82. The van der Waals surface area contributed by atoms with Crippen molar-refractivity contribution in [2.45, 2.75) is 13.5 Å². The van der Waals surface area contributed by atoms with Crippen molar-refractivity contribution in [1.82, 2.24) is 15.3 Å². The highest BCUT2D eigenvalue weighted by Crippen LogP contribution is 2.40. The smallest absolute Gasteiger partial charge is 0.258 e. The molecule has 0 spiro atoms. The van der Waals surface area contributed by atoms with Crippen LogP contribution in [0.3, 0.4) is 0 Å². The van der Waals surface area contributed by atoms with Gasteiger partial charge in [0.05, 0.1) is 12.3 Å². The number of nitrogens with zero attached hydrogens (tertiary/aromatic N) is 3. The van der Waals surface area contributed by atoms with Gasteiger partial charge in [0.2, 0.25) is 5.95 Å². The Labute approximate surface area is 193 Å². The van der Waals surface area contributed by atoms with Crippen LogP contribution in [0.4, 0.5) is 11.8 Å². The molecule has 164 valence electrons. The maximum absolute atomic E-state index is 12.2. The van der Waals surface area contributed by atoms with Crippen molar-refractivity contribution in [1.29, 1.82) is 5.26 Å². The number of aromatic nitrogens is 2. The summed E-state index contributed by atoms with van der Waals surface area (Å²) in [4.78, 5) is 20.2. The van der Waals surface area contributed by atoms with E-state index in [0.717, 1.165) is 5.56 Å². The van der Waals surface area contributed by atoms with E-state index in [0.29, 0.717) is 34.7 Å². The average Bonchev–Trinajstić information content (AvgIpc) is 2.78. The van der Waals surface area contributed by atoms with E-state index < -0.39 is 0 Å². The molecule has 32 heavy (non-hydrogen) atoms. The Bertz CT molecular complexity index is 1160. The number of benzene rings is 2. The Morgan fingerprint density at radius 2 is 1.88 bits per heavy atom. The van der Waals surface area contributed by atoms with E-state index in [1.165, 1.54) is 0 Å². The number of halogens is 1. The summed E-state index contributed by atoms with van der Waals surface area (Å²) in [6.07, 6.45) is 0. The molecule has 9 nitrogen and oxygen atoms in total. The summed E-state index contributed by atoms with van der Waals surface area (Å²) >= 11 is 3.46. The molecule has 0 atom stereocenters. The maximum Gasteiger partial charge on any atom is 0.258 e. The summed E-state index contributed by atoms with van der Waals surface area (Å²) in [5.41, 5.74) is 13.4. The van der Waals surface area contributed by atoms with Gasteiger partial charge in [-0.1, -0.05) is 30.3 Å². The number of ether oxygens (including phenoxy) is 2. The monoisotopic (exact) mass is 496 g/mol. The second kappa shape index (κ2) is 10.5. The molecule has 3 rings (SSSR count). The van der Waals surface area contributed by atoms with Crippen LogP contribution in [0.1, 0.15) is 18.1 Å². The van der Waals surface area contributed by atoms with Gasteiger partial charge in [0.15, 0.2) is 18.1 Å². The Kier molecular flexibility index (Phi) is 7.46. The lowest BCUT2D eigenvalue weighted by Gasteiger charge is -2.16. The minimum absolute atomic E-state index is 0.0183. The fourth-order valence-electron chi connectivity index (χ4n) is 2.89. The summed E-state index contributed by atoms with van der Waals surface area (Å²) in [5, 5.41) is 12.3. The first kappa shape index (κ1) is 22.8. The third-order valence-electron chi connectivity index (χ3n) is 4.35. The third kappa shape index (κ3) is 5.44. The number of carbonyl (C=O) groups is 1. The van der Waals surface area contributed by atoms with E-state index in [1.807, 2.05) is 43.3 Å². The molecule has 10 heteroatoms. The summed E-state index contributed by atoms with van der Waals surface area (Å²) in [6, 6.07) is 14.9. The average molecular weight is 497 g/mol. The van der Waals surface area contributed by atoms with Gasteiger partial charge in [-0.2, -0.15) is 10.2 Å². The number of anilines is 2. The first-order chi connectivity index (χ1) is 15.4. The summed E-state index contributed by atoms with van der Waals surface area (Å²) in [5.74, 6) is 0.374. The molecule has 0 saturated carbocycles. The SMILES string of the molecule is CCOc1cc(-c2nc(N)nc(N)c2C#N)c(Br)cc1OCC(=O)NCc1ccccc1. The third-order valence-corrected chi connectivity index (χ3v) is 5.00. The van der Waals surface area contributed by atoms with Gasteiger partial charge in [-0.3, -0.25) is 4.79 Å². The van der Waals surface area contributed by atoms with Crippen molar-refractivity contribution >= 4 is 33.6 Å². The van der Waals surface area contributed by atoms with Crippen LogP contribution in [0.15, 0.2) is 46.9 Å². The molecule has 0 fully saturated rings.